The molecule has 0 radical (unpaired) electrons. The van der Waals surface area contributed by atoms with Gasteiger partial charge in [0.25, 0.3) is 0 Å². The van der Waals surface area contributed by atoms with Crippen LogP contribution in [0.3, 0.4) is 0 Å². The Morgan fingerprint density at radius 3 is 2.38 bits per heavy atom. The van der Waals surface area contributed by atoms with Crippen LogP contribution in [0.15, 0.2) is 58.2 Å². The van der Waals surface area contributed by atoms with E-state index in [2.05, 4.69) is 26.0 Å². The first-order chi connectivity index (χ1) is 13.8. The van der Waals surface area contributed by atoms with E-state index in [1.165, 1.54) is 16.7 Å². The maximum atomic E-state index is 11.9. The van der Waals surface area contributed by atoms with Crippen LogP contribution in [0.1, 0.15) is 72.6 Å². The van der Waals surface area contributed by atoms with E-state index in [1.807, 2.05) is 26.0 Å². The third kappa shape index (κ3) is 8.68. The maximum absolute atomic E-state index is 11.9. The van der Waals surface area contributed by atoms with Gasteiger partial charge in [0.15, 0.2) is 0 Å². The molecule has 1 saturated heterocycles. The molecule has 2 aliphatic heterocycles. The van der Waals surface area contributed by atoms with Crippen molar-refractivity contribution in [1.29, 1.82) is 0 Å². The molecule has 0 amide bonds. The van der Waals surface area contributed by atoms with Gasteiger partial charge in [-0.05, 0) is 77.9 Å². The van der Waals surface area contributed by atoms with Gasteiger partial charge in [0.2, 0.25) is 0 Å². The molecule has 4 heteroatoms. The fourth-order valence-electron chi connectivity index (χ4n) is 3.47. The Morgan fingerprint density at radius 2 is 1.72 bits per heavy atom. The molecule has 0 aromatic carbocycles. The number of hydrogen-bond donors (Lipinski definition) is 0. The number of esters is 2. The van der Waals surface area contributed by atoms with Crippen LogP contribution in [0.25, 0.3) is 0 Å². The SMILES string of the molecule is CC(C)=C[C@@H]1C/C(=C/CC/C(C)=C/CC/C(C)=C\CCC2=CC(=O)OC2)C(=O)O1. The number of allylic oxidation sites excluding steroid dienone is 6. The normalized spacial score (nSPS) is 21.3. The molecular formula is C25H34O4. The smallest absolute Gasteiger partial charge is 0.334 e. The molecule has 0 spiro atoms. The van der Waals surface area contributed by atoms with Gasteiger partial charge in [0, 0.05) is 18.1 Å². The van der Waals surface area contributed by atoms with Crippen LogP contribution in [0.5, 0.6) is 0 Å². The Balaban J connectivity index is 1.66. The molecule has 158 valence electrons. The van der Waals surface area contributed by atoms with Crippen LogP contribution < -0.4 is 0 Å². The van der Waals surface area contributed by atoms with E-state index in [0.717, 1.165) is 49.7 Å². The van der Waals surface area contributed by atoms with Crippen LogP contribution in [-0.2, 0) is 19.1 Å². The maximum Gasteiger partial charge on any atom is 0.334 e. The standard InChI is InChI=1S/C25H34O4/c1-18(2)14-23-16-22(25(27)29-23)13-7-11-20(4)9-5-8-19(3)10-6-12-21-15-24(26)28-17-21/h9-10,13-15,23H,5-8,11-12,16-17H2,1-4H3/b19-10-,20-9+,22-13-/t23-/m1/s1. The second-order valence-corrected chi connectivity index (χ2v) is 8.25. The minimum Gasteiger partial charge on any atom is -0.458 e. The van der Waals surface area contributed by atoms with Gasteiger partial charge in [-0.3, -0.25) is 0 Å². The largest absolute Gasteiger partial charge is 0.458 e. The molecular weight excluding hydrogens is 364 g/mol. The van der Waals surface area contributed by atoms with Gasteiger partial charge in [-0.2, -0.15) is 0 Å². The van der Waals surface area contributed by atoms with Gasteiger partial charge < -0.3 is 9.47 Å². The third-order valence-electron chi connectivity index (χ3n) is 5.10. The molecule has 2 aliphatic rings. The summed E-state index contributed by atoms with van der Waals surface area (Å²) in [6.45, 7) is 8.81. The van der Waals surface area contributed by atoms with E-state index in [1.54, 1.807) is 6.08 Å². The van der Waals surface area contributed by atoms with Crippen molar-refractivity contribution < 1.29 is 19.1 Å². The fourth-order valence-corrected chi connectivity index (χ4v) is 3.47. The lowest BCUT2D eigenvalue weighted by molar-refractivity contribution is -0.137. The molecule has 0 N–H and O–H groups in total. The molecule has 2 heterocycles. The number of hydrogen-bond acceptors (Lipinski definition) is 4. The average molecular weight is 399 g/mol. The Morgan fingerprint density at radius 1 is 1.03 bits per heavy atom. The minimum atomic E-state index is -0.213. The first kappa shape index (κ1) is 22.9. The van der Waals surface area contributed by atoms with Crippen molar-refractivity contribution in [3.8, 4) is 0 Å². The second kappa shape index (κ2) is 11.6. The molecule has 4 nitrogen and oxygen atoms in total. The molecule has 0 saturated carbocycles. The van der Waals surface area contributed by atoms with Crippen LogP contribution in [0, 0.1) is 0 Å². The summed E-state index contributed by atoms with van der Waals surface area (Å²) in [5.74, 6) is -0.381. The van der Waals surface area contributed by atoms with Gasteiger partial charge in [0.1, 0.15) is 12.7 Å². The van der Waals surface area contributed by atoms with Crippen molar-refractivity contribution in [3.05, 3.63) is 58.2 Å². The number of ether oxygens (including phenoxy) is 2. The second-order valence-electron chi connectivity index (χ2n) is 8.25. The molecule has 1 fully saturated rings. The van der Waals surface area contributed by atoms with Crippen molar-refractivity contribution in [2.45, 2.75) is 78.7 Å². The molecule has 0 aromatic rings. The van der Waals surface area contributed by atoms with E-state index >= 15 is 0 Å². The Labute approximate surface area is 175 Å². The zero-order valence-corrected chi connectivity index (χ0v) is 18.3. The number of carbonyl (C=O) groups is 2. The average Bonchev–Trinajstić information content (AvgIpc) is 3.20. The lowest BCUT2D eigenvalue weighted by Crippen LogP contribution is -2.02. The van der Waals surface area contributed by atoms with Crippen LogP contribution in [0.2, 0.25) is 0 Å². The summed E-state index contributed by atoms with van der Waals surface area (Å²) in [4.78, 5) is 22.9. The highest BCUT2D eigenvalue weighted by Crippen LogP contribution is 2.23. The van der Waals surface area contributed by atoms with Crippen molar-refractivity contribution in [1.82, 2.24) is 0 Å². The van der Waals surface area contributed by atoms with Gasteiger partial charge >= 0.3 is 11.9 Å². The van der Waals surface area contributed by atoms with Crippen molar-refractivity contribution in [3.63, 3.8) is 0 Å². The molecule has 1 atom stereocenters. The number of rotatable bonds is 10. The lowest BCUT2D eigenvalue weighted by atomic mass is 10.0. The Bertz CT molecular complexity index is 758. The number of cyclic esters (lactones) is 2. The summed E-state index contributed by atoms with van der Waals surface area (Å²) in [7, 11) is 0. The number of carbonyl (C=O) groups excluding carboxylic acids is 2. The van der Waals surface area contributed by atoms with Gasteiger partial charge in [-0.15, -0.1) is 0 Å². The summed E-state index contributed by atoms with van der Waals surface area (Å²) in [6.07, 6.45) is 16.6. The van der Waals surface area contributed by atoms with E-state index in [9.17, 15) is 9.59 Å². The highest BCUT2D eigenvalue weighted by atomic mass is 16.5. The monoisotopic (exact) mass is 398 g/mol. The molecule has 0 unspecified atom stereocenters. The Hall–Kier alpha value is -2.36. The molecule has 2 rings (SSSR count). The van der Waals surface area contributed by atoms with Crippen molar-refractivity contribution >= 4 is 11.9 Å². The summed E-state index contributed by atoms with van der Waals surface area (Å²) < 4.78 is 10.3. The van der Waals surface area contributed by atoms with Crippen LogP contribution in [0.4, 0.5) is 0 Å². The zero-order valence-electron chi connectivity index (χ0n) is 18.3. The quantitative estimate of drug-likeness (QED) is 0.261. The first-order valence-electron chi connectivity index (χ1n) is 10.6. The predicted octanol–water partition coefficient (Wildman–Crippen LogP) is 5.91. The van der Waals surface area contributed by atoms with Gasteiger partial charge in [0.05, 0.1) is 0 Å². The molecule has 0 bridgehead atoms. The summed E-state index contributed by atoms with van der Waals surface area (Å²) in [5, 5.41) is 0. The van der Waals surface area contributed by atoms with E-state index in [-0.39, 0.29) is 18.0 Å². The summed E-state index contributed by atoms with van der Waals surface area (Å²) in [6, 6.07) is 0. The first-order valence-corrected chi connectivity index (χ1v) is 10.6. The van der Waals surface area contributed by atoms with Crippen LogP contribution >= 0.6 is 0 Å². The molecule has 0 aliphatic carbocycles. The van der Waals surface area contributed by atoms with E-state index < -0.39 is 0 Å². The summed E-state index contributed by atoms with van der Waals surface area (Å²) >= 11 is 0. The minimum absolute atomic E-state index is 0.0943. The van der Waals surface area contributed by atoms with Gasteiger partial charge in [-0.25, -0.2) is 9.59 Å². The Kier molecular flexibility index (Phi) is 9.17. The summed E-state index contributed by atoms with van der Waals surface area (Å²) in [5.41, 5.74) is 5.80. The van der Waals surface area contributed by atoms with Crippen molar-refractivity contribution in [2.24, 2.45) is 0 Å². The molecule has 29 heavy (non-hydrogen) atoms. The van der Waals surface area contributed by atoms with Gasteiger partial charge in [-0.1, -0.05) is 34.9 Å². The molecule has 0 aromatic heterocycles. The lowest BCUT2D eigenvalue weighted by Gasteiger charge is -2.02. The van der Waals surface area contributed by atoms with E-state index in [0.29, 0.717) is 13.0 Å². The fraction of sp³-hybridized carbons (Fsp3) is 0.520. The highest BCUT2D eigenvalue weighted by Gasteiger charge is 2.26. The third-order valence-corrected chi connectivity index (χ3v) is 5.10. The van der Waals surface area contributed by atoms with Crippen molar-refractivity contribution in [2.75, 3.05) is 6.61 Å². The van der Waals surface area contributed by atoms with Crippen LogP contribution in [-0.4, -0.2) is 24.6 Å². The predicted molar refractivity (Wildman–Crippen MR) is 116 cm³/mol. The highest BCUT2D eigenvalue weighted by molar-refractivity contribution is 5.90. The topological polar surface area (TPSA) is 52.6 Å². The van der Waals surface area contributed by atoms with E-state index in [4.69, 9.17) is 9.47 Å². The zero-order chi connectivity index (χ0) is 21.2.